The van der Waals surface area contributed by atoms with Gasteiger partial charge in [0, 0.05) is 38.1 Å². The Morgan fingerprint density at radius 3 is 2.80 bits per heavy atom. The fourth-order valence-corrected chi connectivity index (χ4v) is 4.46. The summed E-state index contributed by atoms with van der Waals surface area (Å²) in [5.41, 5.74) is 10.2. The molecule has 0 spiro atoms. The van der Waals surface area contributed by atoms with E-state index in [1.165, 1.54) is 17.5 Å². The topological polar surface area (TPSA) is 93.6 Å². The second-order valence-electron chi connectivity index (χ2n) is 8.38. The number of aromatic nitrogens is 4. The standard InChI is InChI=1S/C22H29N7O/c1-2-3-8-30-22-26-20(23)21-25-12-19(29(21)27-22)9-15-4-6-16(7-5-15)13-28-14-17-10-18(28)11-24-17/h4-7,12,17-18,24H,2-3,8-11,13-14H2,1H3,(H2,23,26,27)/t17-,18-/m0/s1. The largest absolute Gasteiger partial charge is 0.462 e. The third kappa shape index (κ3) is 3.85. The van der Waals surface area contributed by atoms with Crippen molar-refractivity contribution in [1.29, 1.82) is 0 Å². The zero-order chi connectivity index (χ0) is 20.5. The Hall–Kier alpha value is -2.71. The first kappa shape index (κ1) is 19.3. The van der Waals surface area contributed by atoms with E-state index in [2.05, 4.69) is 56.5 Å². The first-order chi connectivity index (χ1) is 14.7. The smallest absolute Gasteiger partial charge is 0.336 e. The summed E-state index contributed by atoms with van der Waals surface area (Å²) in [7, 11) is 0. The number of unbranched alkanes of at least 4 members (excludes halogenated alkanes) is 1. The van der Waals surface area contributed by atoms with Crippen molar-refractivity contribution in [2.45, 2.75) is 51.2 Å². The first-order valence-electron chi connectivity index (χ1n) is 10.9. The number of likely N-dealkylation sites (tertiary alicyclic amines) is 1. The van der Waals surface area contributed by atoms with E-state index in [4.69, 9.17) is 10.5 Å². The molecular weight excluding hydrogens is 378 g/mol. The van der Waals surface area contributed by atoms with Gasteiger partial charge in [0.25, 0.3) is 0 Å². The molecule has 0 aliphatic carbocycles. The molecular formula is C22H29N7O. The van der Waals surface area contributed by atoms with E-state index in [0.29, 0.717) is 36.2 Å². The monoisotopic (exact) mass is 407 g/mol. The predicted molar refractivity (Wildman–Crippen MR) is 115 cm³/mol. The van der Waals surface area contributed by atoms with Gasteiger partial charge >= 0.3 is 6.01 Å². The Morgan fingerprint density at radius 1 is 1.23 bits per heavy atom. The highest BCUT2D eigenvalue weighted by Gasteiger charge is 2.37. The fourth-order valence-electron chi connectivity index (χ4n) is 4.46. The van der Waals surface area contributed by atoms with Gasteiger partial charge in [-0.25, -0.2) is 9.50 Å². The molecule has 2 aliphatic heterocycles. The Bertz CT molecular complexity index is 1020. The van der Waals surface area contributed by atoms with Crippen molar-refractivity contribution in [2.24, 2.45) is 0 Å². The highest BCUT2D eigenvalue weighted by Crippen LogP contribution is 2.25. The van der Waals surface area contributed by atoms with Crippen LogP contribution in [-0.4, -0.2) is 56.3 Å². The van der Waals surface area contributed by atoms with Gasteiger partial charge in [-0.15, -0.1) is 5.10 Å². The van der Waals surface area contributed by atoms with Crippen molar-refractivity contribution in [3.05, 3.63) is 47.3 Å². The van der Waals surface area contributed by atoms with E-state index < -0.39 is 0 Å². The summed E-state index contributed by atoms with van der Waals surface area (Å²) >= 11 is 0. The van der Waals surface area contributed by atoms with E-state index in [-0.39, 0.29) is 0 Å². The van der Waals surface area contributed by atoms with E-state index >= 15 is 0 Å². The molecule has 1 aromatic carbocycles. The number of rotatable bonds is 8. The maximum Gasteiger partial charge on any atom is 0.336 e. The number of anilines is 1. The molecule has 0 saturated carbocycles. The number of imidazole rings is 1. The van der Waals surface area contributed by atoms with E-state index in [0.717, 1.165) is 44.6 Å². The van der Waals surface area contributed by atoms with E-state index in [1.54, 1.807) is 4.52 Å². The van der Waals surface area contributed by atoms with Gasteiger partial charge in [-0.1, -0.05) is 37.6 Å². The third-order valence-electron chi connectivity index (χ3n) is 6.13. The highest BCUT2D eigenvalue weighted by molar-refractivity contribution is 5.59. The number of ether oxygens (including phenoxy) is 1. The third-order valence-corrected chi connectivity index (χ3v) is 6.13. The van der Waals surface area contributed by atoms with Crippen LogP contribution in [0.1, 0.15) is 43.0 Å². The minimum atomic E-state index is 0.303. The number of nitrogens with zero attached hydrogens (tertiary/aromatic N) is 5. The molecule has 4 heterocycles. The summed E-state index contributed by atoms with van der Waals surface area (Å²) < 4.78 is 7.41. The summed E-state index contributed by atoms with van der Waals surface area (Å²) in [6.45, 7) is 6.03. The number of nitrogens with two attached hydrogens (primary N) is 1. The molecule has 3 N–H and O–H groups in total. The molecule has 2 aromatic heterocycles. The molecule has 8 nitrogen and oxygen atoms in total. The molecule has 2 saturated heterocycles. The maximum absolute atomic E-state index is 6.07. The van der Waals surface area contributed by atoms with Crippen LogP contribution < -0.4 is 15.8 Å². The minimum absolute atomic E-state index is 0.303. The van der Waals surface area contributed by atoms with Gasteiger partial charge in [-0.2, -0.15) is 4.98 Å². The quantitative estimate of drug-likeness (QED) is 0.552. The Balaban J connectivity index is 1.29. The SMILES string of the molecule is CCCCOc1nc(N)c2ncc(Cc3ccc(CN4C[C@@H]5C[C@H]4CN5)cc3)n2n1. The fraction of sp³-hybridized carbons (Fsp3) is 0.500. The molecule has 2 bridgehead atoms. The summed E-state index contributed by atoms with van der Waals surface area (Å²) in [4.78, 5) is 11.2. The zero-order valence-corrected chi connectivity index (χ0v) is 17.4. The zero-order valence-electron chi connectivity index (χ0n) is 17.4. The molecule has 2 atom stereocenters. The lowest BCUT2D eigenvalue weighted by atomic mass is 10.1. The van der Waals surface area contributed by atoms with Crippen molar-refractivity contribution in [3.8, 4) is 6.01 Å². The van der Waals surface area contributed by atoms with Crippen molar-refractivity contribution < 1.29 is 4.74 Å². The van der Waals surface area contributed by atoms with E-state index in [1.807, 2.05) is 6.20 Å². The lowest BCUT2D eigenvalue weighted by Gasteiger charge is -2.27. The van der Waals surface area contributed by atoms with Gasteiger partial charge in [0.1, 0.15) is 0 Å². The molecule has 2 aliphatic rings. The molecule has 0 unspecified atom stereocenters. The number of hydrogen-bond acceptors (Lipinski definition) is 7. The molecule has 0 amide bonds. The second-order valence-corrected chi connectivity index (χ2v) is 8.38. The lowest BCUT2D eigenvalue weighted by Crippen LogP contribution is -2.42. The van der Waals surface area contributed by atoms with Crippen LogP contribution in [0.4, 0.5) is 5.82 Å². The van der Waals surface area contributed by atoms with Crippen LogP contribution in [0.2, 0.25) is 0 Å². The summed E-state index contributed by atoms with van der Waals surface area (Å²) in [6.07, 6.45) is 5.85. The van der Waals surface area contributed by atoms with Crippen molar-refractivity contribution >= 4 is 11.5 Å². The van der Waals surface area contributed by atoms with Crippen LogP contribution in [0.3, 0.4) is 0 Å². The van der Waals surface area contributed by atoms with Crippen molar-refractivity contribution in [2.75, 3.05) is 25.4 Å². The molecule has 30 heavy (non-hydrogen) atoms. The normalized spacial score (nSPS) is 21.0. The van der Waals surface area contributed by atoms with Crippen LogP contribution in [0.25, 0.3) is 5.65 Å². The number of benzene rings is 1. The van der Waals surface area contributed by atoms with Crippen LogP contribution in [0.15, 0.2) is 30.5 Å². The molecule has 0 radical (unpaired) electrons. The average molecular weight is 408 g/mol. The number of hydrogen-bond donors (Lipinski definition) is 2. The first-order valence-corrected chi connectivity index (χ1v) is 10.9. The summed E-state index contributed by atoms with van der Waals surface area (Å²) in [6, 6.07) is 10.6. The van der Waals surface area contributed by atoms with Crippen LogP contribution in [-0.2, 0) is 13.0 Å². The number of nitrogens with one attached hydrogen (secondary N) is 1. The molecule has 8 heteroatoms. The Morgan fingerprint density at radius 2 is 2.07 bits per heavy atom. The van der Waals surface area contributed by atoms with Crippen LogP contribution in [0, 0.1) is 0 Å². The van der Waals surface area contributed by atoms with Gasteiger partial charge in [0.05, 0.1) is 18.5 Å². The second kappa shape index (κ2) is 8.20. The average Bonchev–Trinajstić information content (AvgIpc) is 3.46. The lowest BCUT2D eigenvalue weighted by molar-refractivity contribution is 0.218. The minimum Gasteiger partial charge on any atom is -0.462 e. The van der Waals surface area contributed by atoms with Gasteiger partial charge in [0.15, 0.2) is 11.5 Å². The Kier molecular flexibility index (Phi) is 5.26. The van der Waals surface area contributed by atoms with Crippen LogP contribution >= 0.6 is 0 Å². The maximum atomic E-state index is 6.07. The van der Waals surface area contributed by atoms with Crippen LogP contribution in [0.5, 0.6) is 6.01 Å². The van der Waals surface area contributed by atoms with Crippen molar-refractivity contribution in [3.63, 3.8) is 0 Å². The van der Waals surface area contributed by atoms with Gasteiger partial charge < -0.3 is 15.8 Å². The molecule has 158 valence electrons. The van der Waals surface area contributed by atoms with Crippen molar-refractivity contribution in [1.82, 2.24) is 29.8 Å². The van der Waals surface area contributed by atoms with Gasteiger partial charge in [-0.05, 0) is 24.0 Å². The molecule has 2 fully saturated rings. The summed E-state index contributed by atoms with van der Waals surface area (Å²) in [5.74, 6) is 0.340. The van der Waals surface area contributed by atoms with E-state index in [9.17, 15) is 0 Å². The highest BCUT2D eigenvalue weighted by atomic mass is 16.5. The van der Waals surface area contributed by atoms with Gasteiger partial charge in [-0.3, -0.25) is 4.90 Å². The molecule has 3 aromatic rings. The number of piperazine rings is 1. The number of nitrogen functional groups attached to an aromatic ring is 1. The Labute approximate surface area is 176 Å². The summed E-state index contributed by atoms with van der Waals surface area (Å²) in [5, 5.41) is 8.06. The molecule has 5 rings (SSSR count). The van der Waals surface area contributed by atoms with Gasteiger partial charge in [0.2, 0.25) is 0 Å². The predicted octanol–water partition coefficient (Wildman–Crippen LogP) is 2.02. The number of fused-ring (bicyclic) bond motifs is 3.